The molecule has 0 atom stereocenters. The molecule has 3 rings (SSSR count). The fourth-order valence-electron chi connectivity index (χ4n) is 2.53. The second-order valence-corrected chi connectivity index (χ2v) is 6.26. The fourth-order valence-corrected chi connectivity index (χ4v) is 3.27. The molecule has 2 aromatic rings. The largest absolute Gasteiger partial charge is 0.366 e. The number of carbonyl (C=O) groups is 1. The topological polar surface area (TPSA) is 98.7 Å². The van der Waals surface area contributed by atoms with Gasteiger partial charge in [0, 0.05) is 19.2 Å². The molecule has 1 saturated heterocycles. The van der Waals surface area contributed by atoms with E-state index in [0.29, 0.717) is 11.5 Å². The van der Waals surface area contributed by atoms with Crippen LogP contribution in [0.5, 0.6) is 0 Å². The number of pyridine rings is 1. The van der Waals surface area contributed by atoms with Crippen LogP contribution in [-0.2, 0) is 7.05 Å². The summed E-state index contributed by atoms with van der Waals surface area (Å²) < 4.78 is 2.03. The summed E-state index contributed by atoms with van der Waals surface area (Å²) in [6, 6.07) is 3.44. The van der Waals surface area contributed by atoms with E-state index in [2.05, 4.69) is 20.5 Å². The number of primary amides is 1. The second-order valence-electron chi connectivity index (χ2n) is 5.28. The highest BCUT2D eigenvalue weighted by molar-refractivity contribution is 7.99. The Morgan fingerprint density at radius 3 is 2.77 bits per heavy atom. The lowest BCUT2D eigenvalue weighted by Crippen LogP contribution is -2.27. The Kier molecular flexibility index (Phi) is 4.39. The summed E-state index contributed by atoms with van der Waals surface area (Å²) in [6.07, 6.45) is 3.65. The van der Waals surface area contributed by atoms with Gasteiger partial charge in [-0.05, 0) is 49.8 Å². The molecule has 0 saturated carbocycles. The van der Waals surface area contributed by atoms with Crippen molar-refractivity contribution >= 4 is 17.7 Å². The zero-order valence-electron chi connectivity index (χ0n) is 12.3. The van der Waals surface area contributed by atoms with Crippen LogP contribution in [0.25, 0.3) is 0 Å². The number of aromatic nitrogens is 4. The first-order chi connectivity index (χ1) is 10.6. The van der Waals surface area contributed by atoms with Gasteiger partial charge in [-0.1, -0.05) is 0 Å². The van der Waals surface area contributed by atoms with Crippen LogP contribution >= 0.6 is 11.8 Å². The number of nitrogens with zero attached hydrogens (tertiary/aromatic N) is 4. The molecule has 116 valence electrons. The zero-order valence-corrected chi connectivity index (χ0v) is 13.1. The van der Waals surface area contributed by atoms with Crippen LogP contribution in [0.15, 0.2) is 28.5 Å². The molecule has 7 nitrogen and oxygen atoms in total. The fraction of sp³-hybridized carbons (Fsp3) is 0.429. The first-order valence-electron chi connectivity index (χ1n) is 7.19. The molecule has 0 aromatic carbocycles. The van der Waals surface area contributed by atoms with E-state index in [1.165, 1.54) is 18.0 Å². The molecule has 0 spiro atoms. The van der Waals surface area contributed by atoms with Gasteiger partial charge >= 0.3 is 0 Å². The smallest absolute Gasteiger partial charge is 0.250 e. The third-order valence-corrected chi connectivity index (χ3v) is 4.78. The average molecular weight is 318 g/mol. The summed E-state index contributed by atoms with van der Waals surface area (Å²) in [5.41, 5.74) is 5.61. The van der Waals surface area contributed by atoms with Gasteiger partial charge in [0.15, 0.2) is 5.16 Å². The molecule has 0 aliphatic carbocycles. The molecule has 1 aliphatic rings. The Bertz CT molecular complexity index is 662. The molecule has 1 aliphatic heterocycles. The molecule has 1 amide bonds. The number of piperidine rings is 1. The number of nitrogens with two attached hydrogens (primary N) is 1. The van der Waals surface area contributed by atoms with E-state index in [4.69, 9.17) is 5.73 Å². The summed E-state index contributed by atoms with van der Waals surface area (Å²) >= 11 is 1.43. The van der Waals surface area contributed by atoms with Crippen LogP contribution in [0.3, 0.4) is 0 Å². The minimum atomic E-state index is -0.476. The molecule has 2 aromatic heterocycles. The van der Waals surface area contributed by atoms with Crippen LogP contribution in [0.4, 0.5) is 0 Å². The summed E-state index contributed by atoms with van der Waals surface area (Å²) in [6.45, 7) is 2.05. The highest BCUT2D eigenvalue weighted by Gasteiger charge is 2.22. The van der Waals surface area contributed by atoms with Crippen molar-refractivity contribution in [3.8, 4) is 0 Å². The highest BCUT2D eigenvalue weighted by Crippen LogP contribution is 2.29. The van der Waals surface area contributed by atoms with E-state index in [1.807, 2.05) is 11.6 Å². The molecule has 8 heteroatoms. The van der Waals surface area contributed by atoms with E-state index < -0.39 is 5.91 Å². The molecular formula is C14H18N6OS. The van der Waals surface area contributed by atoms with Gasteiger partial charge in [0.25, 0.3) is 0 Å². The van der Waals surface area contributed by atoms with E-state index in [9.17, 15) is 4.79 Å². The Hall–Kier alpha value is -1.93. The van der Waals surface area contributed by atoms with Crippen LogP contribution in [0.1, 0.15) is 34.9 Å². The van der Waals surface area contributed by atoms with E-state index in [0.717, 1.165) is 41.9 Å². The summed E-state index contributed by atoms with van der Waals surface area (Å²) in [5, 5.41) is 13.5. The molecule has 3 heterocycles. The van der Waals surface area contributed by atoms with Crippen molar-refractivity contribution in [3.05, 3.63) is 29.7 Å². The maximum absolute atomic E-state index is 11.0. The van der Waals surface area contributed by atoms with E-state index >= 15 is 0 Å². The van der Waals surface area contributed by atoms with Gasteiger partial charge in [-0.15, -0.1) is 10.2 Å². The minimum absolute atomic E-state index is 0.401. The van der Waals surface area contributed by atoms with Gasteiger partial charge in [0.1, 0.15) is 10.9 Å². The number of rotatable bonds is 4. The van der Waals surface area contributed by atoms with Gasteiger partial charge in [0.2, 0.25) is 5.91 Å². The Morgan fingerprint density at radius 1 is 1.36 bits per heavy atom. The van der Waals surface area contributed by atoms with Gasteiger partial charge in [-0.2, -0.15) is 0 Å². The normalized spacial score (nSPS) is 15.9. The van der Waals surface area contributed by atoms with Gasteiger partial charge < -0.3 is 15.6 Å². The van der Waals surface area contributed by atoms with Crippen LogP contribution < -0.4 is 11.1 Å². The maximum Gasteiger partial charge on any atom is 0.250 e. The molecule has 0 bridgehead atoms. The third-order valence-electron chi connectivity index (χ3n) is 3.79. The SMILES string of the molecule is Cn1c(Sc2ccc(C(N)=O)cn2)nnc1C1CCNCC1. The quantitative estimate of drug-likeness (QED) is 0.870. The maximum atomic E-state index is 11.0. The van der Waals surface area contributed by atoms with Crippen molar-refractivity contribution in [2.75, 3.05) is 13.1 Å². The molecule has 1 fully saturated rings. The molecular weight excluding hydrogens is 300 g/mol. The number of amides is 1. The third kappa shape index (κ3) is 3.12. The second kappa shape index (κ2) is 6.45. The van der Waals surface area contributed by atoms with Gasteiger partial charge in [-0.25, -0.2) is 4.98 Å². The van der Waals surface area contributed by atoms with Gasteiger partial charge in [0.05, 0.1) is 5.56 Å². The molecule has 0 unspecified atom stereocenters. The predicted molar refractivity (Wildman–Crippen MR) is 82.7 cm³/mol. The predicted octanol–water partition coefficient (Wildman–Crippen LogP) is 0.927. The highest BCUT2D eigenvalue weighted by atomic mass is 32.2. The van der Waals surface area contributed by atoms with Crippen molar-refractivity contribution < 1.29 is 4.79 Å². The average Bonchev–Trinajstić information content (AvgIpc) is 2.90. The monoisotopic (exact) mass is 318 g/mol. The van der Waals surface area contributed by atoms with Crippen LogP contribution in [0.2, 0.25) is 0 Å². The Labute approximate surface area is 132 Å². The van der Waals surface area contributed by atoms with Gasteiger partial charge in [-0.3, -0.25) is 4.79 Å². The first kappa shape index (κ1) is 15.0. The minimum Gasteiger partial charge on any atom is -0.366 e. The van der Waals surface area contributed by atoms with Crippen molar-refractivity contribution in [2.45, 2.75) is 28.9 Å². The van der Waals surface area contributed by atoms with Crippen molar-refractivity contribution in [2.24, 2.45) is 12.8 Å². The van der Waals surface area contributed by atoms with E-state index in [-0.39, 0.29) is 0 Å². The van der Waals surface area contributed by atoms with Crippen molar-refractivity contribution in [1.29, 1.82) is 0 Å². The first-order valence-corrected chi connectivity index (χ1v) is 8.00. The lowest BCUT2D eigenvalue weighted by molar-refractivity contribution is 0.1000. The lowest BCUT2D eigenvalue weighted by atomic mass is 9.97. The summed E-state index contributed by atoms with van der Waals surface area (Å²) in [4.78, 5) is 15.3. The van der Waals surface area contributed by atoms with Crippen LogP contribution in [-0.4, -0.2) is 38.7 Å². The number of hydrogen-bond acceptors (Lipinski definition) is 6. The standard InChI is InChI=1S/C14H18N6OS/c1-20-13(9-4-6-16-7-5-9)18-19-14(20)22-11-3-2-10(8-17-11)12(15)21/h2-3,8-9,16H,4-7H2,1H3,(H2,15,21). The van der Waals surface area contributed by atoms with Crippen molar-refractivity contribution in [3.63, 3.8) is 0 Å². The summed E-state index contributed by atoms with van der Waals surface area (Å²) in [5.74, 6) is 1.01. The number of nitrogens with one attached hydrogen (secondary N) is 1. The molecule has 22 heavy (non-hydrogen) atoms. The summed E-state index contributed by atoms with van der Waals surface area (Å²) in [7, 11) is 1.98. The van der Waals surface area contributed by atoms with Crippen LogP contribution in [0, 0.1) is 0 Å². The molecule has 0 radical (unpaired) electrons. The Balaban J connectivity index is 1.75. The number of hydrogen-bond donors (Lipinski definition) is 2. The van der Waals surface area contributed by atoms with E-state index in [1.54, 1.807) is 12.1 Å². The Morgan fingerprint density at radius 2 is 2.14 bits per heavy atom. The lowest BCUT2D eigenvalue weighted by Gasteiger charge is -2.21. The zero-order chi connectivity index (χ0) is 15.5. The molecule has 3 N–H and O–H groups in total. The number of carbonyl (C=O) groups excluding carboxylic acids is 1. The van der Waals surface area contributed by atoms with Crippen molar-refractivity contribution in [1.82, 2.24) is 25.1 Å².